The van der Waals surface area contributed by atoms with Gasteiger partial charge >= 0.3 is 0 Å². The molecule has 0 aliphatic rings. The van der Waals surface area contributed by atoms with E-state index in [9.17, 15) is 0 Å². The van der Waals surface area contributed by atoms with Crippen LogP contribution in [0.5, 0.6) is 0 Å². The van der Waals surface area contributed by atoms with Crippen molar-refractivity contribution in [1.29, 1.82) is 0 Å². The molecule has 254 valence electrons. The number of nitrogens with zero attached hydrogens (tertiary/aromatic N) is 2. The van der Waals surface area contributed by atoms with Gasteiger partial charge in [-0.1, -0.05) is 97.1 Å². The van der Waals surface area contributed by atoms with Crippen LogP contribution in [0.25, 0.3) is 86.9 Å². The van der Waals surface area contributed by atoms with Gasteiger partial charge in [-0.2, -0.15) is 0 Å². The van der Waals surface area contributed by atoms with Crippen LogP contribution in [0.1, 0.15) is 0 Å². The lowest BCUT2D eigenvalue weighted by Gasteiger charge is -2.26. The Kier molecular flexibility index (Phi) is 7.00. The topological polar surface area (TPSA) is 42.4 Å². The van der Waals surface area contributed by atoms with Crippen LogP contribution < -0.4 is 4.90 Å². The van der Waals surface area contributed by atoms with E-state index in [1.54, 1.807) is 0 Å². The minimum absolute atomic E-state index is 0.605. The maximum Gasteiger partial charge on any atom is 0.227 e. The lowest BCUT2D eigenvalue weighted by atomic mass is 10.0. The molecule has 0 aliphatic heterocycles. The summed E-state index contributed by atoms with van der Waals surface area (Å²) < 4.78 is 15.1. The second-order valence-electron chi connectivity index (χ2n) is 13.6. The summed E-state index contributed by atoms with van der Waals surface area (Å²) in [6.45, 7) is 0. The molecule has 11 aromatic rings. The zero-order valence-corrected chi connectivity index (χ0v) is 29.8. The summed E-state index contributed by atoms with van der Waals surface area (Å²) in [5.74, 6) is 0.605. The highest BCUT2D eigenvalue weighted by Crippen LogP contribution is 2.42. The first-order chi connectivity index (χ1) is 26.7. The fourth-order valence-corrected chi connectivity index (χ4v) is 8.70. The molecular formula is C49H30N2O2S. The van der Waals surface area contributed by atoms with Gasteiger partial charge in [0.15, 0.2) is 5.58 Å². The van der Waals surface area contributed by atoms with E-state index in [-0.39, 0.29) is 0 Å². The number of furan rings is 1. The van der Waals surface area contributed by atoms with Gasteiger partial charge in [0.1, 0.15) is 16.7 Å². The van der Waals surface area contributed by atoms with Crippen molar-refractivity contribution >= 4 is 81.6 Å². The summed E-state index contributed by atoms with van der Waals surface area (Å²) in [4.78, 5) is 7.10. The van der Waals surface area contributed by atoms with Gasteiger partial charge in [-0.3, -0.25) is 0 Å². The number of anilines is 3. The fraction of sp³-hybridized carbons (Fsp3) is 0. The number of rotatable bonds is 6. The maximum absolute atomic E-state index is 6.32. The van der Waals surface area contributed by atoms with Gasteiger partial charge in [-0.25, -0.2) is 4.98 Å². The van der Waals surface area contributed by atoms with Crippen LogP contribution in [0.3, 0.4) is 0 Å². The van der Waals surface area contributed by atoms with Crippen LogP contribution in [0.15, 0.2) is 191 Å². The Morgan fingerprint density at radius 2 is 0.963 bits per heavy atom. The molecule has 0 fully saturated rings. The standard InChI is InChI=1S/C49H30N2O2S/c1-3-9-31(10-4-1)32-15-20-36(21-16-32)51(38-24-26-48-42(28-38)39-13-7-8-14-47(39)54-48)37-22-17-33(18-23-37)35-19-25-44-40(27-35)41-29-46-43(30-45(41)52-44)50-49(53-46)34-11-5-2-6-12-34/h1-30H. The second-order valence-corrected chi connectivity index (χ2v) is 14.7. The predicted molar refractivity (Wildman–Crippen MR) is 225 cm³/mol. The fourth-order valence-electron chi connectivity index (χ4n) is 7.62. The molecule has 3 aromatic heterocycles. The average Bonchev–Trinajstić information content (AvgIpc) is 3.94. The molecule has 0 amide bonds. The summed E-state index contributed by atoms with van der Waals surface area (Å²) in [5.41, 5.74) is 12.0. The van der Waals surface area contributed by atoms with Crippen molar-refractivity contribution < 1.29 is 8.83 Å². The van der Waals surface area contributed by atoms with E-state index in [2.05, 4.69) is 150 Å². The van der Waals surface area contributed by atoms with Crippen LogP contribution in [0.2, 0.25) is 0 Å². The zero-order valence-electron chi connectivity index (χ0n) is 28.9. The number of thiophene rings is 1. The summed E-state index contributed by atoms with van der Waals surface area (Å²) in [7, 11) is 0. The van der Waals surface area contributed by atoms with E-state index < -0.39 is 0 Å². The predicted octanol–water partition coefficient (Wildman–Crippen LogP) is 14.6. The first-order valence-corrected chi connectivity index (χ1v) is 18.8. The molecule has 5 heteroatoms. The monoisotopic (exact) mass is 710 g/mol. The van der Waals surface area contributed by atoms with Crippen LogP contribution in [0.4, 0.5) is 17.1 Å². The molecule has 0 radical (unpaired) electrons. The van der Waals surface area contributed by atoms with Crippen molar-refractivity contribution in [3.63, 3.8) is 0 Å². The quantitative estimate of drug-likeness (QED) is 0.172. The van der Waals surface area contributed by atoms with Crippen molar-refractivity contribution in [2.75, 3.05) is 4.90 Å². The highest BCUT2D eigenvalue weighted by Gasteiger charge is 2.17. The summed E-state index contributed by atoms with van der Waals surface area (Å²) in [5, 5.41) is 4.61. The number of oxazole rings is 1. The van der Waals surface area contributed by atoms with E-state index in [0.29, 0.717) is 5.89 Å². The number of fused-ring (bicyclic) bond motifs is 7. The van der Waals surface area contributed by atoms with E-state index in [4.69, 9.17) is 13.8 Å². The number of aromatic nitrogens is 1. The third-order valence-electron chi connectivity index (χ3n) is 10.3. The normalized spacial score (nSPS) is 11.7. The van der Waals surface area contributed by atoms with E-state index in [0.717, 1.165) is 66.8 Å². The summed E-state index contributed by atoms with van der Waals surface area (Å²) in [6, 6.07) is 64.2. The Hall–Kier alpha value is -6.95. The van der Waals surface area contributed by atoms with Crippen molar-refractivity contribution in [2.45, 2.75) is 0 Å². The highest BCUT2D eigenvalue weighted by molar-refractivity contribution is 7.25. The zero-order chi connectivity index (χ0) is 35.6. The molecule has 0 N–H and O–H groups in total. The smallest absolute Gasteiger partial charge is 0.227 e. The molecule has 0 atom stereocenters. The Balaban J connectivity index is 0.984. The third kappa shape index (κ3) is 5.17. The molecule has 8 aromatic carbocycles. The van der Waals surface area contributed by atoms with Crippen LogP contribution in [-0.2, 0) is 0 Å². The molecule has 0 saturated carbocycles. The van der Waals surface area contributed by atoms with E-state index in [1.165, 1.54) is 31.3 Å². The van der Waals surface area contributed by atoms with Crippen molar-refractivity contribution in [2.24, 2.45) is 0 Å². The highest BCUT2D eigenvalue weighted by atomic mass is 32.1. The summed E-state index contributed by atoms with van der Waals surface area (Å²) in [6.07, 6.45) is 0. The molecular weight excluding hydrogens is 681 g/mol. The first kappa shape index (κ1) is 30.7. The van der Waals surface area contributed by atoms with Gasteiger partial charge in [0.2, 0.25) is 5.89 Å². The largest absolute Gasteiger partial charge is 0.456 e. The Morgan fingerprint density at radius 3 is 1.72 bits per heavy atom. The molecule has 0 aliphatic carbocycles. The molecule has 0 unspecified atom stereocenters. The van der Waals surface area contributed by atoms with Gasteiger partial charge in [0, 0.05) is 59.6 Å². The molecule has 3 heterocycles. The summed E-state index contributed by atoms with van der Waals surface area (Å²) >= 11 is 1.84. The number of hydrogen-bond donors (Lipinski definition) is 0. The Bertz CT molecular complexity index is 3140. The van der Waals surface area contributed by atoms with Gasteiger partial charge < -0.3 is 13.7 Å². The number of hydrogen-bond acceptors (Lipinski definition) is 5. The van der Waals surface area contributed by atoms with E-state index in [1.807, 2.05) is 47.7 Å². The van der Waals surface area contributed by atoms with Crippen LogP contribution in [0, 0.1) is 0 Å². The average molecular weight is 711 g/mol. The van der Waals surface area contributed by atoms with Gasteiger partial charge in [-0.15, -0.1) is 11.3 Å². The van der Waals surface area contributed by atoms with Gasteiger partial charge in [-0.05, 0) is 101 Å². The van der Waals surface area contributed by atoms with Crippen LogP contribution >= 0.6 is 11.3 Å². The van der Waals surface area contributed by atoms with Crippen molar-refractivity contribution in [1.82, 2.24) is 4.98 Å². The third-order valence-corrected chi connectivity index (χ3v) is 11.5. The molecule has 0 saturated heterocycles. The molecule has 11 rings (SSSR count). The maximum atomic E-state index is 6.32. The molecule has 4 nitrogen and oxygen atoms in total. The minimum Gasteiger partial charge on any atom is -0.456 e. The number of benzene rings is 8. The minimum atomic E-state index is 0.605. The molecule has 0 bridgehead atoms. The second kappa shape index (κ2) is 12.3. The molecule has 54 heavy (non-hydrogen) atoms. The van der Waals surface area contributed by atoms with Gasteiger partial charge in [0.05, 0.1) is 0 Å². The lowest BCUT2D eigenvalue weighted by Crippen LogP contribution is -2.09. The Morgan fingerprint density at radius 1 is 0.370 bits per heavy atom. The first-order valence-electron chi connectivity index (χ1n) is 18.0. The lowest BCUT2D eigenvalue weighted by molar-refractivity contribution is 0.620. The molecule has 0 spiro atoms. The van der Waals surface area contributed by atoms with Crippen molar-refractivity contribution in [3.8, 4) is 33.7 Å². The van der Waals surface area contributed by atoms with Gasteiger partial charge in [0.25, 0.3) is 0 Å². The van der Waals surface area contributed by atoms with Crippen LogP contribution in [-0.4, -0.2) is 4.98 Å². The SMILES string of the molecule is c1ccc(-c2ccc(N(c3ccc(-c4ccc5oc6cc7nc(-c8ccccc8)oc7cc6c5c4)cc3)c3ccc4sc5ccccc5c4c3)cc2)cc1. The van der Waals surface area contributed by atoms with E-state index >= 15 is 0 Å². The Labute approximate surface area is 314 Å². The van der Waals surface area contributed by atoms with Crippen molar-refractivity contribution in [3.05, 3.63) is 182 Å².